The van der Waals surface area contributed by atoms with E-state index in [1.165, 1.54) is 0 Å². The summed E-state index contributed by atoms with van der Waals surface area (Å²) < 4.78 is 20.8. The van der Waals surface area contributed by atoms with Crippen molar-refractivity contribution >= 4 is 21.6 Å². The highest BCUT2D eigenvalue weighted by atomic mass is 31.2. The van der Waals surface area contributed by atoms with E-state index < -0.39 is 21.6 Å². The highest BCUT2D eigenvalue weighted by Gasteiger charge is 2.27. The summed E-state index contributed by atoms with van der Waals surface area (Å²) in [5.74, 6) is 0. The standard InChI is InChI=1S/C16H41N4OP3.6CH4/c1-15(2,3)18-24(12,17-13-14-21-7)20-23(10,11)19-22(8,9)16(4,5)6;;;;;;/h17H,13-14H2,1-12H3;6*1H4. The van der Waals surface area contributed by atoms with Crippen molar-refractivity contribution in [3.8, 4) is 0 Å². The SMILES string of the molecule is C.C.C.C.C.C.COCCNP(C)(N=P(C)(C)N=P(C)(C)C(C)(C)C)=NC(C)(C)C. The first kappa shape index (κ1) is 48.1. The van der Waals surface area contributed by atoms with E-state index in [9.17, 15) is 0 Å². The van der Waals surface area contributed by atoms with Gasteiger partial charge in [-0.25, -0.2) is 4.52 Å². The summed E-state index contributed by atoms with van der Waals surface area (Å²) in [5.41, 5.74) is -0.124. The normalized spacial score (nSPS) is 13.2. The van der Waals surface area contributed by atoms with E-state index in [0.29, 0.717) is 6.61 Å². The predicted octanol–water partition coefficient (Wildman–Crippen LogP) is 10.1. The van der Waals surface area contributed by atoms with Gasteiger partial charge in [-0.15, -0.1) is 0 Å². The topological polar surface area (TPSA) is 58.3 Å². The number of ether oxygens (including phenoxy) is 1. The second-order valence-electron chi connectivity index (χ2n) is 9.17. The molecule has 0 heterocycles. The smallest absolute Gasteiger partial charge is 0.135 e. The summed E-state index contributed by atoms with van der Waals surface area (Å²) in [6, 6.07) is 0. The lowest BCUT2D eigenvalue weighted by Crippen LogP contribution is -2.18. The average Bonchev–Trinajstić information content (AvgIpc) is 2.21. The zero-order chi connectivity index (χ0) is 19.4. The third kappa shape index (κ3) is 19.3. The van der Waals surface area contributed by atoms with Crippen LogP contribution < -0.4 is 5.09 Å². The largest absolute Gasteiger partial charge is 0.383 e. The molecular weight excluding hydrogens is 429 g/mol. The van der Waals surface area contributed by atoms with Gasteiger partial charge in [-0.1, -0.05) is 65.3 Å². The predicted molar refractivity (Wildman–Crippen MR) is 157 cm³/mol. The molecule has 0 bridgehead atoms. The molecule has 0 amide bonds. The number of hydrogen-bond acceptors (Lipinski definition) is 2. The van der Waals surface area contributed by atoms with Crippen LogP contribution in [0.4, 0.5) is 0 Å². The van der Waals surface area contributed by atoms with Crippen molar-refractivity contribution in [2.75, 3.05) is 53.6 Å². The van der Waals surface area contributed by atoms with Gasteiger partial charge >= 0.3 is 0 Å². The third-order valence-electron chi connectivity index (χ3n) is 3.69. The lowest BCUT2D eigenvalue weighted by molar-refractivity contribution is 0.204. The second kappa shape index (κ2) is 17.1. The molecular formula is C22H65N4OP3. The average molecular weight is 495 g/mol. The monoisotopic (exact) mass is 494 g/mol. The van der Waals surface area contributed by atoms with Crippen molar-refractivity contribution in [3.63, 3.8) is 0 Å². The molecule has 5 nitrogen and oxygen atoms in total. The minimum Gasteiger partial charge on any atom is -0.383 e. The number of methoxy groups -OCH3 is 1. The first-order valence-electron chi connectivity index (χ1n) is 8.46. The number of nitrogens with one attached hydrogen (secondary N) is 1. The molecule has 0 radical (unpaired) electrons. The van der Waals surface area contributed by atoms with Crippen molar-refractivity contribution in [2.24, 2.45) is 13.8 Å². The van der Waals surface area contributed by atoms with Gasteiger partial charge in [0, 0.05) is 20.3 Å². The van der Waals surface area contributed by atoms with Gasteiger partial charge in [0.1, 0.15) is 7.36 Å². The van der Waals surface area contributed by atoms with Gasteiger partial charge in [0.2, 0.25) is 0 Å². The van der Waals surface area contributed by atoms with Crippen LogP contribution in [0.25, 0.3) is 0 Å². The molecule has 1 unspecified atom stereocenters. The molecule has 0 saturated carbocycles. The minimum atomic E-state index is -1.99. The minimum absolute atomic E-state index is 0. The molecule has 0 aliphatic heterocycles. The highest BCUT2D eigenvalue weighted by molar-refractivity contribution is 7.80. The number of nitrogens with zero attached hydrogens (tertiary/aromatic N) is 3. The van der Waals surface area contributed by atoms with Gasteiger partial charge in [-0.3, -0.25) is 14.3 Å². The Hall–Kier alpha value is 0.610. The van der Waals surface area contributed by atoms with Gasteiger partial charge in [0.25, 0.3) is 0 Å². The molecule has 0 aromatic heterocycles. The maximum atomic E-state index is 5.31. The van der Waals surface area contributed by atoms with E-state index in [1.807, 2.05) is 0 Å². The van der Waals surface area contributed by atoms with Gasteiger partial charge in [0.05, 0.1) is 19.4 Å². The van der Waals surface area contributed by atoms with E-state index in [2.05, 4.69) is 80.0 Å². The van der Waals surface area contributed by atoms with Crippen LogP contribution in [-0.4, -0.2) is 64.3 Å². The lowest BCUT2D eigenvalue weighted by atomic mass is 10.1. The van der Waals surface area contributed by atoms with E-state index in [0.717, 1.165) is 6.54 Å². The molecule has 0 rings (SSSR count). The van der Waals surface area contributed by atoms with Crippen molar-refractivity contribution in [2.45, 2.75) is 96.8 Å². The Balaban J connectivity index is -0.000000176. The molecule has 1 atom stereocenters. The Kier molecular flexibility index (Phi) is 27.5. The van der Waals surface area contributed by atoms with Crippen LogP contribution in [0.5, 0.6) is 0 Å². The van der Waals surface area contributed by atoms with Gasteiger partial charge < -0.3 is 4.74 Å². The van der Waals surface area contributed by atoms with E-state index in [1.54, 1.807) is 7.11 Å². The van der Waals surface area contributed by atoms with Gasteiger partial charge in [-0.2, -0.15) is 0 Å². The fourth-order valence-corrected chi connectivity index (χ4v) is 13.6. The van der Waals surface area contributed by atoms with E-state index in [4.69, 9.17) is 18.5 Å². The highest BCUT2D eigenvalue weighted by Crippen LogP contribution is 2.66. The third-order valence-corrected chi connectivity index (χ3v) is 15.5. The molecule has 30 heavy (non-hydrogen) atoms. The lowest BCUT2D eigenvalue weighted by Gasteiger charge is -2.33. The quantitative estimate of drug-likeness (QED) is 0.295. The molecule has 0 aliphatic rings. The molecule has 194 valence electrons. The molecule has 0 aromatic rings. The van der Waals surface area contributed by atoms with E-state index >= 15 is 0 Å². The van der Waals surface area contributed by atoms with Crippen LogP contribution in [0.2, 0.25) is 0 Å². The summed E-state index contributed by atoms with van der Waals surface area (Å²) in [5, 5.41) is 3.77. The summed E-state index contributed by atoms with van der Waals surface area (Å²) in [7, 11) is -3.44. The Morgan fingerprint density at radius 1 is 0.733 bits per heavy atom. The van der Waals surface area contributed by atoms with Crippen LogP contribution in [0.15, 0.2) is 13.8 Å². The maximum absolute atomic E-state index is 5.31. The number of hydrogen-bond donors (Lipinski definition) is 1. The van der Waals surface area contributed by atoms with Crippen LogP contribution >= 0.6 is 21.6 Å². The first-order chi connectivity index (χ1) is 10.4. The summed E-state index contributed by atoms with van der Waals surface area (Å²) >= 11 is 0. The molecule has 0 saturated heterocycles. The van der Waals surface area contributed by atoms with Gasteiger partial charge in [-0.05, 0) is 59.6 Å². The fourth-order valence-electron chi connectivity index (χ4n) is 2.16. The molecule has 0 spiro atoms. The molecule has 1 N–H and O–H groups in total. The van der Waals surface area contributed by atoms with Crippen molar-refractivity contribution in [1.82, 2.24) is 5.09 Å². The summed E-state index contributed by atoms with van der Waals surface area (Å²) in [6.45, 7) is 25.9. The second-order valence-corrected chi connectivity index (χ2v) is 19.7. The summed E-state index contributed by atoms with van der Waals surface area (Å²) in [4.78, 5) is 0. The first-order valence-corrected chi connectivity index (χ1v) is 15.8. The van der Waals surface area contributed by atoms with Crippen molar-refractivity contribution in [3.05, 3.63) is 0 Å². The van der Waals surface area contributed by atoms with Crippen LogP contribution in [0, 0.1) is 0 Å². The van der Waals surface area contributed by atoms with Gasteiger partial charge in [0.15, 0.2) is 0 Å². The molecule has 0 fully saturated rings. The molecule has 0 aromatic carbocycles. The van der Waals surface area contributed by atoms with Crippen LogP contribution in [0.3, 0.4) is 0 Å². The van der Waals surface area contributed by atoms with Crippen LogP contribution in [-0.2, 0) is 4.74 Å². The zero-order valence-corrected chi connectivity index (χ0v) is 20.7. The Morgan fingerprint density at radius 3 is 1.43 bits per heavy atom. The number of rotatable bonds is 6. The Labute approximate surface area is 195 Å². The molecule has 0 aliphatic carbocycles. The Morgan fingerprint density at radius 2 is 1.13 bits per heavy atom. The molecule has 8 heteroatoms. The van der Waals surface area contributed by atoms with Crippen LogP contribution in [0.1, 0.15) is 86.1 Å². The Bertz CT molecular complexity index is 574. The van der Waals surface area contributed by atoms with E-state index in [-0.39, 0.29) is 55.3 Å². The summed E-state index contributed by atoms with van der Waals surface area (Å²) in [6.07, 6.45) is 0. The fraction of sp³-hybridized carbons (Fsp3) is 1.00. The van der Waals surface area contributed by atoms with Crippen molar-refractivity contribution in [1.29, 1.82) is 0 Å². The van der Waals surface area contributed by atoms with Crippen molar-refractivity contribution < 1.29 is 4.74 Å². The zero-order valence-electron chi connectivity index (χ0n) is 18.0. The maximum Gasteiger partial charge on any atom is 0.135 e.